The second-order valence-corrected chi connectivity index (χ2v) is 6.09. The highest BCUT2D eigenvalue weighted by molar-refractivity contribution is 5.75. The average molecular weight is 252 g/mol. The number of hydrogen-bond acceptors (Lipinski definition) is 4. The van der Waals surface area contributed by atoms with Crippen molar-refractivity contribution in [2.45, 2.75) is 44.5 Å². The summed E-state index contributed by atoms with van der Waals surface area (Å²) in [6.45, 7) is 5.89. The summed E-state index contributed by atoms with van der Waals surface area (Å²) in [6, 6.07) is 0. The minimum absolute atomic E-state index is 0.128. The Kier molecular flexibility index (Phi) is 2.75. The molecule has 0 amide bonds. The van der Waals surface area contributed by atoms with Crippen molar-refractivity contribution >= 4 is 5.97 Å². The van der Waals surface area contributed by atoms with E-state index in [1.165, 1.54) is 0 Å². The van der Waals surface area contributed by atoms with Crippen LogP contribution in [0.5, 0.6) is 0 Å². The molecule has 4 nitrogen and oxygen atoms in total. The van der Waals surface area contributed by atoms with Crippen LogP contribution in [0.25, 0.3) is 0 Å². The van der Waals surface area contributed by atoms with Crippen molar-refractivity contribution in [1.82, 2.24) is 0 Å². The molecular weight excluding hydrogens is 232 g/mol. The van der Waals surface area contributed by atoms with Gasteiger partial charge < -0.3 is 14.9 Å². The summed E-state index contributed by atoms with van der Waals surface area (Å²) in [6.07, 6.45) is 0.733. The van der Waals surface area contributed by atoms with Crippen molar-refractivity contribution in [2.24, 2.45) is 23.7 Å². The molecule has 0 aromatic carbocycles. The van der Waals surface area contributed by atoms with Gasteiger partial charge >= 0.3 is 5.97 Å². The van der Waals surface area contributed by atoms with Crippen LogP contribution in [0.4, 0.5) is 0 Å². The van der Waals surface area contributed by atoms with Gasteiger partial charge in [-0.3, -0.25) is 4.79 Å². The predicted octanol–water partition coefficient (Wildman–Crippen LogP) is 0.872. The van der Waals surface area contributed by atoms with Gasteiger partial charge in [0.2, 0.25) is 0 Å². The Hall–Kier alpha value is -0.870. The Bertz CT molecular complexity index is 391. The first kappa shape index (κ1) is 12.2. The highest BCUT2D eigenvalue weighted by atomic mass is 16.6. The van der Waals surface area contributed by atoms with E-state index in [1.54, 1.807) is 0 Å². The Morgan fingerprint density at radius 1 is 1.33 bits per heavy atom. The van der Waals surface area contributed by atoms with Crippen LogP contribution in [-0.4, -0.2) is 34.5 Å². The van der Waals surface area contributed by atoms with Gasteiger partial charge in [0.1, 0.15) is 6.10 Å². The molecule has 1 aliphatic heterocycles. The van der Waals surface area contributed by atoms with Crippen LogP contribution < -0.4 is 0 Å². The third-order valence-electron chi connectivity index (χ3n) is 5.03. The first-order valence-electron chi connectivity index (χ1n) is 6.73. The standard InChI is InChI=1S/C14H20O4/c1-6-3-11(16)12-7(2)14(17)18-13(12)10-5-8(15)4-9(6)10/h7-13,15-16H,1,3-5H2,2H3. The molecule has 1 saturated heterocycles. The largest absolute Gasteiger partial charge is 0.461 e. The van der Waals surface area contributed by atoms with Gasteiger partial charge in [0.25, 0.3) is 0 Å². The van der Waals surface area contributed by atoms with E-state index in [0.717, 1.165) is 5.57 Å². The highest BCUT2D eigenvalue weighted by Crippen LogP contribution is 2.50. The van der Waals surface area contributed by atoms with Gasteiger partial charge in [0.15, 0.2) is 0 Å². The molecule has 0 spiro atoms. The maximum absolute atomic E-state index is 11.7. The topological polar surface area (TPSA) is 66.8 Å². The predicted molar refractivity (Wildman–Crippen MR) is 64.5 cm³/mol. The van der Waals surface area contributed by atoms with Crippen LogP contribution in [0.1, 0.15) is 26.2 Å². The van der Waals surface area contributed by atoms with Crippen molar-refractivity contribution in [3.63, 3.8) is 0 Å². The summed E-state index contributed by atoms with van der Waals surface area (Å²) in [4.78, 5) is 11.7. The monoisotopic (exact) mass is 252 g/mol. The van der Waals surface area contributed by atoms with Crippen LogP contribution in [-0.2, 0) is 9.53 Å². The second-order valence-electron chi connectivity index (χ2n) is 6.09. The van der Waals surface area contributed by atoms with Crippen LogP contribution >= 0.6 is 0 Å². The molecule has 3 rings (SSSR count). The van der Waals surface area contributed by atoms with Crippen LogP contribution in [0.2, 0.25) is 0 Å². The van der Waals surface area contributed by atoms with Crippen LogP contribution in [0, 0.1) is 23.7 Å². The minimum atomic E-state index is -0.549. The number of esters is 1. The molecule has 2 saturated carbocycles. The number of fused-ring (bicyclic) bond motifs is 3. The fraction of sp³-hybridized carbons (Fsp3) is 0.786. The quantitative estimate of drug-likeness (QED) is 0.496. The highest BCUT2D eigenvalue weighted by Gasteiger charge is 2.55. The van der Waals surface area contributed by atoms with Gasteiger partial charge in [0.05, 0.1) is 18.1 Å². The van der Waals surface area contributed by atoms with Crippen molar-refractivity contribution < 1.29 is 19.7 Å². The number of aliphatic hydroxyl groups excluding tert-OH is 2. The molecule has 2 aliphatic carbocycles. The number of rotatable bonds is 0. The number of ether oxygens (including phenoxy) is 1. The zero-order chi connectivity index (χ0) is 13.0. The SMILES string of the molecule is C=C1CC(O)C2C(C)C(=O)OC2C2CC(O)CC12. The van der Waals surface area contributed by atoms with Gasteiger partial charge in [-0.15, -0.1) is 0 Å². The van der Waals surface area contributed by atoms with E-state index >= 15 is 0 Å². The van der Waals surface area contributed by atoms with Crippen molar-refractivity contribution in [2.75, 3.05) is 0 Å². The Balaban J connectivity index is 1.96. The summed E-state index contributed by atoms with van der Waals surface area (Å²) in [7, 11) is 0. The number of aliphatic hydroxyl groups is 2. The summed E-state index contributed by atoms with van der Waals surface area (Å²) in [5.41, 5.74) is 1.00. The summed E-state index contributed by atoms with van der Waals surface area (Å²) < 4.78 is 5.49. The molecule has 0 bridgehead atoms. The number of hydrogen-bond donors (Lipinski definition) is 2. The summed E-state index contributed by atoms with van der Waals surface area (Å²) in [5.74, 6) is -0.299. The molecule has 2 N–H and O–H groups in total. The maximum Gasteiger partial charge on any atom is 0.309 e. The first-order valence-corrected chi connectivity index (χ1v) is 6.73. The molecule has 4 heteroatoms. The molecule has 0 aromatic rings. The zero-order valence-corrected chi connectivity index (χ0v) is 10.6. The molecule has 7 atom stereocenters. The maximum atomic E-state index is 11.7. The van der Waals surface area contributed by atoms with Gasteiger partial charge in [-0.05, 0) is 25.2 Å². The molecular formula is C14H20O4. The lowest BCUT2D eigenvalue weighted by atomic mass is 9.81. The van der Waals surface area contributed by atoms with Gasteiger partial charge in [-0.2, -0.15) is 0 Å². The fourth-order valence-electron chi connectivity index (χ4n) is 4.12. The normalized spacial score (nSPS) is 51.6. The molecule has 18 heavy (non-hydrogen) atoms. The molecule has 3 fully saturated rings. The van der Waals surface area contributed by atoms with Gasteiger partial charge in [0, 0.05) is 11.8 Å². The summed E-state index contributed by atoms with van der Waals surface area (Å²) in [5, 5.41) is 20.1. The molecule has 7 unspecified atom stereocenters. The van der Waals surface area contributed by atoms with E-state index in [2.05, 4.69) is 6.58 Å². The van der Waals surface area contributed by atoms with Crippen molar-refractivity contribution in [3.05, 3.63) is 12.2 Å². The molecule has 0 aromatic heterocycles. The molecule has 100 valence electrons. The Labute approximate surface area is 107 Å². The number of carbonyl (C=O) groups excluding carboxylic acids is 1. The molecule has 3 aliphatic rings. The van der Waals surface area contributed by atoms with Gasteiger partial charge in [-0.1, -0.05) is 19.1 Å². The van der Waals surface area contributed by atoms with E-state index in [0.29, 0.717) is 19.3 Å². The van der Waals surface area contributed by atoms with E-state index < -0.39 is 6.10 Å². The van der Waals surface area contributed by atoms with E-state index in [1.807, 2.05) is 6.92 Å². The van der Waals surface area contributed by atoms with Crippen molar-refractivity contribution in [1.29, 1.82) is 0 Å². The lowest BCUT2D eigenvalue weighted by Crippen LogP contribution is -2.34. The third-order valence-corrected chi connectivity index (χ3v) is 5.03. The summed E-state index contributed by atoms with van der Waals surface area (Å²) >= 11 is 0. The Morgan fingerprint density at radius 3 is 2.78 bits per heavy atom. The molecule has 1 heterocycles. The Morgan fingerprint density at radius 2 is 2.06 bits per heavy atom. The first-order chi connectivity index (χ1) is 8.49. The lowest BCUT2D eigenvalue weighted by molar-refractivity contribution is -0.146. The van der Waals surface area contributed by atoms with Crippen LogP contribution in [0.3, 0.4) is 0 Å². The lowest BCUT2D eigenvalue weighted by Gasteiger charge is -2.26. The van der Waals surface area contributed by atoms with Crippen LogP contribution in [0.15, 0.2) is 12.2 Å². The minimum Gasteiger partial charge on any atom is -0.461 e. The van der Waals surface area contributed by atoms with Gasteiger partial charge in [-0.25, -0.2) is 0 Å². The van der Waals surface area contributed by atoms with E-state index in [-0.39, 0.29) is 41.8 Å². The van der Waals surface area contributed by atoms with E-state index in [9.17, 15) is 15.0 Å². The average Bonchev–Trinajstić information content (AvgIpc) is 2.78. The number of carbonyl (C=O) groups is 1. The smallest absolute Gasteiger partial charge is 0.309 e. The third kappa shape index (κ3) is 1.62. The van der Waals surface area contributed by atoms with Crippen molar-refractivity contribution in [3.8, 4) is 0 Å². The fourth-order valence-corrected chi connectivity index (χ4v) is 4.12. The second kappa shape index (κ2) is 4.07. The van der Waals surface area contributed by atoms with E-state index in [4.69, 9.17) is 4.74 Å². The zero-order valence-electron chi connectivity index (χ0n) is 10.6. The molecule has 0 radical (unpaired) electrons.